The molecule has 7 nitrogen and oxygen atoms in total. The van der Waals surface area contributed by atoms with E-state index in [2.05, 4.69) is 20.4 Å². The first-order valence-electron chi connectivity index (χ1n) is 8.87. The molecule has 0 atom stereocenters. The maximum absolute atomic E-state index is 12.0. The fourth-order valence-electron chi connectivity index (χ4n) is 3.11. The van der Waals surface area contributed by atoms with Crippen LogP contribution in [0.3, 0.4) is 0 Å². The van der Waals surface area contributed by atoms with E-state index in [0.717, 1.165) is 44.1 Å². The van der Waals surface area contributed by atoms with Crippen LogP contribution in [-0.4, -0.2) is 38.3 Å². The molecule has 2 heterocycles. The highest BCUT2D eigenvalue weighted by Crippen LogP contribution is 2.26. The van der Waals surface area contributed by atoms with Crippen molar-refractivity contribution in [3.8, 4) is 11.4 Å². The molecule has 1 amide bonds. The van der Waals surface area contributed by atoms with Crippen molar-refractivity contribution in [1.82, 2.24) is 20.4 Å². The molecule has 1 aliphatic rings. The number of aryl methyl sites for hydroxylation is 1. The van der Waals surface area contributed by atoms with Crippen LogP contribution < -0.4 is 5.32 Å². The van der Waals surface area contributed by atoms with Crippen molar-refractivity contribution < 1.29 is 14.4 Å². The monoisotopic (exact) mass is 344 g/mol. The number of carbonyl (C=O) groups excluding carboxylic acids is 1. The molecule has 2 aromatic rings. The summed E-state index contributed by atoms with van der Waals surface area (Å²) < 4.78 is 5.19. The summed E-state index contributed by atoms with van der Waals surface area (Å²) in [6.45, 7) is 0.317. The molecule has 0 saturated heterocycles. The van der Waals surface area contributed by atoms with Crippen molar-refractivity contribution in [3.63, 3.8) is 0 Å². The average molecular weight is 344 g/mol. The maximum Gasteiger partial charge on any atom is 0.227 e. The summed E-state index contributed by atoms with van der Waals surface area (Å²) in [4.78, 5) is 20.3. The fraction of sp³-hybridized carbons (Fsp3) is 0.556. The summed E-state index contributed by atoms with van der Waals surface area (Å²) in [5, 5.41) is 17.3. The maximum atomic E-state index is 12.0. The quantitative estimate of drug-likeness (QED) is 0.780. The minimum absolute atomic E-state index is 0.110. The van der Waals surface area contributed by atoms with Crippen molar-refractivity contribution >= 4 is 5.91 Å². The molecule has 0 unspecified atom stereocenters. The second kappa shape index (κ2) is 8.20. The SMILES string of the molecule is O=C(CCc1nc(-c2ccncc2)no1)NCC1(O)CCCCCC1. The highest BCUT2D eigenvalue weighted by atomic mass is 16.5. The van der Waals surface area contributed by atoms with E-state index in [-0.39, 0.29) is 12.3 Å². The summed E-state index contributed by atoms with van der Waals surface area (Å²) in [6.07, 6.45) is 9.84. The lowest BCUT2D eigenvalue weighted by Crippen LogP contribution is -2.42. The van der Waals surface area contributed by atoms with E-state index in [0.29, 0.717) is 24.7 Å². The molecule has 1 aliphatic carbocycles. The van der Waals surface area contributed by atoms with Gasteiger partial charge in [0, 0.05) is 37.3 Å². The van der Waals surface area contributed by atoms with Gasteiger partial charge in [0.2, 0.25) is 17.6 Å². The van der Waals surface area contributed by atoms with Crippen LogP contribution in [0.1, 0.15) is 50.8 Å². The average Bonchev–Trinajstić information content (AvgIpc) is 3.01. The summed E-state index contributed by atoms with van der Waals surface area (Å²) in [5.74, 6) is 0.807. The van der Waals surface area contributed by atoms with Crippen molar-refractivity contribution in [1.29, 1.82) is 0 Å². The van der Waals surface area contributed by atoms with Gasteiger partial charge in [0.15, 0.2) is 0 Å². The van der Waals surface area contributed by atoms with Crippen molar-refractivity contribution in [2.75, 3.05) is 6.54 Å². The summed E-state index contributed by atoms with van der Waals surface area (Å²) in [5.41, 5.74) is 0.0653. The minimum atomic E-state index is -0.759. The van der Waals surface area contributed by atoms with Crippen LogP contribution in [0.5, 0.6) is 0 Å². The summed E-state index contributed by atoms with van der Waals surface area (Å²) in [6, 6.07) is 3.60. The van der Waals surface area contributed by atoms with Gasteiger partial charge in [-0.3, -0.25) is 9.78 Å². The van der Waals surface area contributed by atoms with E-state index in [1.165, 1.54) is 0 Å². The number of nitrogens with zero attached hydrogens (tertiary/aromatic N) is 3. The second-order valence-electron chi connectivity index (χ2n) is 6.66. The number of pyridine rings is 1. The van der Waals surface area contributed by atoms with Gasteiger partial charge in [-0.2, -0.15) is 4.98 Å². The predicted molar refractivity (Wildman–Crippen MR) is 91.5 cm³/mol. The number of carbonyl (C=O) groups is 1. The second-order valence-corrected chi connectivity index (χ2v) is 6.66. The van der Waals surface area contributed by atoms with Crippen LogP contribution in [0, 0.1) is 0 Å². The van der Waals surface area contributed by atoms with Gasteiger partial charge >= 0.3 is 0 Å². The first kappa shape index (κ1) is 17.5. The zero-order valence-corrected chi connectivity index (χ0v) is 14.3. The number of nitrogens with one attached hydrogen (secondary N) is 1. The Hall–Kier alpha value is -2.28. The van der Waals surface area contributed by atoms with Crippen LogP contribution in [0.15, 0.2) is 29.0 Å². The van der Waals surface area contributed by atoms with Crippen LogP contribution >= 0.6 is 0 Å². The standard InChI is InChI=1S/C18H24N4O3/c23-15(20-13-18(24)9-3-1-2-4-10-18)5-6-16-21-17(22-25-16)14-7-11-19-12-8-14/h7-8,11-12,24H,1-6,9-10,13H2,(H,20,23). The Labute approximate surface area is 146 Å². The molecule has 0 radical (unpaired) electrons. The molecule has 0 aromatic carbocycles. The van der Waals surface area contributed by atoms with Crippen molar-refractivity contribution in [3.05, 3.63) is 30.4 Å². The molecule has 0 aliphatic heterocycles. The van der Waals surface area contributed by atoms with Crippen molar-refractivity contribution in [2.24, 2.45) is 0 Å². The normalized spacial score (nSPS) is 17.0. The number of aliphatic hydroxyl groups is 1. The largest absolute Gasteiger partial charge is 0.388 e. The van der Waals surface area contributed by atoms with Gasteiger partial charge in [-0.1, -0.05) is 30.8 Å². The van der Waals surface area contributed by atoms with E-state index in [1.54, 1.807) is 24.5 Å². The third kappa shape index (κ3) is 5.09. The van der Waals surface area contributed by atoms with Crippen LogP contribution in [-0.2, 0) is 11.2 Å². The number of amides is 1. The smallest absolute Gasteiger partial charge is 0.227 e. The first-order chi connectivity index (χ1) is 12.1. The third-order valence-electron chi connectivity index (χ3n) is 4.62. The molecule has 1 saturated carbocycles. The van der Waals surface area contributed by atoms with Gasteiger partial charge in [0.05, 0.1) is 5.60 Å². The van der Waals surface area contributed by atoms with Crippen molar-refractivity contribution in [2.45, 2.75) is 57.0 Å². The molecular formula is C18H24N4O3. The van der Waals surface area contributed by atoms with Gasteiger partial charge in [-0.05, 0) is 25.0 Å². The van der Waals surface area contributed by atoms with E-state index >= 15 is 0 Å². The molecule has 3 rings (SSSR count). The molecule has 2 N–H and O–H groups in total. The van der Waals surface area contributed by atoms with E-state index < -0.39 is 5.60 Å². The zero-order chi connectivity index (χ0) is 17.5. The predicted octanol–water partition coefficient (Wildman–Crippen LogP) is 2.27. The fourth-order valence-corrected chi connectivity index (χ4v) is 3.11. The first-order valence-corrected chi connectivity index (χ1v) is 8.87. The molecule has 25 heavy (non-hydrogen) atoms. The Bertz CT molecular complexity index is 679. The van der Waals surface area contributed by atoms with Gasteiger partial charge in [-0.15, -0.1) is 0 Å². The minimum Gasteiger partial charge on any atom is -0.388 e. The van der Waals surface area contributed by atoms with Gasteiger partial charge < -0.3 is 14.9 Å². The molecule has 7 heteroatoms. The van der Waals surface area contributed by atoms with E-state index in [9.17, 15) is 9.90 Å². The lowest BCUT2D eigenvalue weighted by Gasteiger charge is -2.26. The number of aromatic nitrogens is 3. The van der Waals surface area contributed by atoms with Gasteiger partial charge in [-0.25, -0.2) is 0 Å². The lowest BCUT2D eigenvalue weighted by atomic mass is 9.94. The Kier molecular flexibility index (Phi) is 5.75. The Morgan fingerprint density at radius 2 is 1.92 bits per heavy atom. The van der Waals surface area contributed by atoms with Gasteiger partial charge in [0.1, 0.15) is 0 Å². The van der Waals surface area contributed by atoms with E-state index in [1.807, 2.05) is 0 Å². The molecule has 0 spiro atoms. The number of hydrogen-bond acceptors (Lipinski definition) is 6. The molecular weight excluding hydrogens is 320 g/mol. The molecule has 2 aromatic heterocycles. The summed E-state index contributed by atoms with van der Waals surface area (Å²) in [7, 11) is 0. The molecule has 0 bridgehead atoms. The highest BCUT2D eigenvalue weighted by Gasteiger charge is 2.28. The number of rotatable bonds is 6. The summed E-state index contributed by atoms with van der Waals surface area (Å²) >= 11 is 0. The van der Waals surface area contributed by atoms with E-state index in [4.69, 9.17) is 4.52 Å². The van der Waals surface area contributed by atoms with Crippen LogP contribution in [0.4, 0.5) is 0 Å². The Morgan fingerprint density at radius 1 is 1.20 bits per heavy atom. The number of hydrogen-bond donors (Lipinski definition) is 2. The third-order valence-corrected chi connectivity index (χ3v) is 4.62. The Balaban J connectivity index is 1.45. The highest BCUT2D eigenvalue weighted by molar-refractivity contribution is 5.76. The molecule has 134 valence electrons. The lowest BCUT2D eigenvalue weighted by molar-refractivity contribution is -0.122. The Morgan fingerprint density at radius 3 is 2.64 bits per heavy atom. The zero-order valence-electron chi connectivity index (χ0n) is 14.3. The van der Waals surface area contributed by atoms with Gasteiger partial charge in [0.25, 0.3) is 0 Å². The van der Waals surface area contributed by atoms with Crippen LogP contribution in [0.2, 0.25) is 0 Å². The topological polar surface area (TPSA) is 101 Å². The molecule has 1 fully saturated rings. The van der Waals surface area contributed by atoms with Crippen LogP contribution in [0.25, 0.3) is 11.4 Å².